The van der Waals surface area contributed by atoms with Crippen molar-refractivity contribution in [2.45, 2.75) is 6.92 Å². The molecule has 2 aromatic carbocycles. The van der Waals surface area contributed by atoms with Crippen molar-refractivity contribution in [2.24, 2.45) is 5.73 Å². The van der Waals surface area contributed by atoms with E-state index in [2.05, 4.69) is 20.2 Å². The summed E-state index contributed by atoms with van der Waals surface area (Å²) in [6.45, 7) is 2.00. The Labute approximate surface area is 149 Å². The number of benzene rings is 2. The zero-order valence-corrected chi connectivity index (χ0v) is 14.0. The Kier molecular flexibility index (Phi) is 3.85. The van der Waals surface area contributed by atoms with E-state index in [9.17, 15) is 4.79 Å². The summed E-state index contributed by atoms with van der Waals surface area (Å²) in [5.74, 6) is -0.440. The normalized spacial score (nSPS) is 10.8. The van der Waals surface area contributed by atoms with Crippen LogP contribution in [0.3, 0.4) is 0 Å². The second kappa shape index (κ2) is 6.33. The Bertz CT molecular complexity index is 1130. The molecule has 0 aliphatic carbocycles. The molecule has 0 atom stereocenters. The molecule has 0 spiro atoms. The predicted octanol–water partition coefficient (Wildman–Crippen LogP) is 3.16. The zero-order chi connectivity index (χ0) is 18.1. The first-order valence-corrected chi connectivity index (χ1v) is 8.05. The third kappa shape index (κ3) is 2.77. The molecule has 2 aromatic heterocycles. The van der Waals surface area contributed by atoms with E-state index in [1.165, 1.54) is 6.33 Å². The number of carbonyl (C=O) groups is 1. The van der Waals surface area contributed by atoms with Gasteiger partial charge >= 0.3 is 0 Å². The predicted molar refractivity (Wildman–Crippen MR) is 99.3 cm³/mol. The summed E-state index contributed by atoms with van der Waals surface area (Å²) in [5.41, 5.74) is 10.5. The first kappa shape index (κ1) is 15.8. The van der Waals surface area contributed by atoms with Crippen LogP contribution < -0.4 is 5.73 Å². The number of aryl methyl sites for hydroxylation is 1. The maximum atomic E-state index is 11.5. The molecule has 26 heavy (non-hydrogen) atoms. The second-order valence-corrected chi connectivity index (χ2v) is 6.02. The van der Waals surface area contributed by atoms with E-state index in [4.69, 9.17) is 5.73 Å². The molecule has 126 valence electrons. The van der Waals surface area contributed by atoms with E-state index in [-0.39, 0.29) is 0 Å². The number of hydrogen-bond donors (Lipinski definition) is 1. The highest BCUT2D eigenvalue weighted by Crippen LogP contribution is 2.31. The molecule has 2 N–H and O–H groups in total. The van der Waals surface area contributed by atoms with E-state index in [1.807, 2.05) is 37.3 Å². The minimum Gasteiger partial charge on any atom is -0.366 e. The Hall–Kier alpha value is -3.67. The van der Waals surface area contributed by atoms with E-state index in [0.717, 1.165) is 38.7 Å². The van der Waals surface area contributed by atoms with Crippen LogP contribution in [0.2, 0.25) is 0 Å². The molecule has 4 aromatic rings. The van der Waals surface area contributed by atoms with Crippen molar-refractivity contribution in [3.05, 3.63) is 72.4 Å². The molecule has 0 saturated heterocycles. The van der Waals surface area contributed by atoms with Gasteiger partial charge in [-0.15, -0.1) is 5.10 Å². The fourth-order valence-electron chi connectivity index (χ4n) is 2.98. The van der Waals surface area contributed by atoms with Gasteiger partial charge in [-0.2, -0.15) is 5.10 Å². The first-order chi connectivity index (χ1) is 12.6. The third-order valence-corrected chi connectivity index (χ3v) is 4.33. The number of amides is 1. The molecule has 0 aliphatic heterocycles. The number of fused-ring (bicyclic) bond motifs is 1. The van der Waals surface area contributed by atoms with Gasteiger partial charge in [-0.1, -0.05) is 18.2 Å². The minimum absolute atomic E-state index is 0.440. The molecule has 6 nitrogen and oxygen atoms in total. The fraction of sp³-hybridized carbons (Fsp3) is 0.0500. The molecule has 2 heterocycles. The van der Waals surface area contributed by atoms with Crippen LogP contribution in [0.25, 0.3) is 33.2 Å². The van der Waals surface area contributed by atoms with Gasteiger partial charge in [0.1, 0.15) is 12.0 Å². The second-order valence-electron chi connectivity index (χ2n) is 6.02. The van der Waals surface area contributed by atoms with Gasteiger partial charge in [0.25, 0.3) is 0 Å². The van der Waals surface area contributed by atoms with E-state index >= 15 is 0 Å². The molecule has 1 amide bonds. The largest absolute Gasteiger partial charge is 0.366 e. The Morgan fingerprint density at radius 3 is 2.54 bits per heavy atom. The Morgan fingerprint density at radius 2 is 1.77 bits per heavy atom. The van der Waals surface area contributed by atoms with Crippen molar-refractivity contribution in [1.29, 1.82) is 0 Å². The molecule has 0 bridgehead atoms. The highest BCUT2D eigenvalue weighted by molar-refractivity contribution is 5.97. The van der Waals surface area contributed by atoms with Crippen molar-refractivity contribution in [3.63, 3.8) is 0 Å². The lowest BCUT2D eigenvalue weighted by molar-refractivity contribution is 0.100. The standard InChI is InChI=1S/C20H15N5O/c1-12-2-3-14(20(21)26)7-18(12)13-4-5-17-15(6-13)10-24-25-19(17)16-8-22-11-23-9-16/h2-11H,1H3,(H2,21,26). The van der Waals surface area contributed by atoms with Gasteiger partial charge in [-0.3, -0.25) is 4.79 Å². The van der Waals surface area contributed by atoms with Gasteiger partial charge in [0, 0.05) is 34.3 Å². The lowest BCUT2D eigenvalue weighted by Gasteiger charge is -2.10. The molecule has 0 unspecified atom stereocenters. The van der Waals surface area contributed by atoms with Gasteiger partial charge in [-0.25, -0.2) is 9.97 Å². The van der Waals surface area contributed by atoms with Crippen LogP contribution in [0, 0.1) is 6.92 Å². The van der Waals surface area contributed by atoms with Crippen LogP contribution in [-0.4, -0.2) is 26.1 Å². The lowest BCUT2D eigenvalue weighted by atomic mass is 9.95. The van der Waals surface area contributed by atoms with Crippen molar-refractivity contribution >= 4 is 16.7 Å². The molecular weight excluding hydrogens is 326 g/mol. The molecule has 0 fully saturated rings. The summed E-state index contributed by atoms with van der Waals surface area (Å²) in [5, 5.41) is 10.3. The van der Waals surface area contributed by atoms with Crippen LogP contribution in [0.15, 0.2) is 61.3 Å². The van der Waals surface area contributed by atoms with Crippen LogP contribution in [0.1, 0.15) is 15.9 Å². The molecule has 0 aliphatic rings. The van der Waals surface area contributed by atoms with Gasteiger partial charge in [-0.05, 0) is 41.8 Å². The molecular formula is C20H15N5O. The summed E-state index contributed by atoms with van der Waals surface area (Å²) in [6.07, 6.45) is 6.63. The summed E-state index contributed by atoms with van der Waals surface area (Å²) in [6, 6.07) is 11.5. The Morgan fingerprint density at radius 1 is 0.962 bits per heavy atom. The summed E-state index contributed by atoms with van der Waals surface area (Å²) in [4.78, 5) is 19.6. The van der Waals surface area contributed by atoms with Crippen molar-refractivity contribution < 1.29 is 4.79 Å². The molecule has 0 saturated carbocycles. The average Bonchev–Trinajstić information content (AvgIpc) is 2.68. The highest BCUT2D eigenvalue weighted by atomic mass is 16.1. The SMILES string of the molecule is Cc1ccc(C(N)=O)cc1-c1ccc2c(-c3cncnc3)nncc2c1. The number of nitrogens with zero attached hydrogens (tertiary/aromatic N) is 4. The number of aromatic nitrogens is 4. The summed E-state index contributed by atoms with van der Waals surface area (Å²) < 4.78 is 0. The quantitative estimate of drug-likeness (QED) is 0.617. The number of nitrogens with two attached hydrogens (primary N) is 1. The zero-order valence-electron chi connectivity index (χ0n) is 14.0. The van der Waals surface area contributed by atoms with Gasteiger partial charge in [0.2, 0.25) is 5.91 Å². The number of carbonyl (C=O) groups excluding carboxylic acids is 1. The van der Waals surface area contributed by atoms with E-state index in [1.54, 1.807) is 24.7 Å². The van der Waals surface area contributed by atoms with Gasteiger partial charge in [0.15, 0.2) is 0 Å². The summed E-state index contributed by atoms with van der Waals surface area (Å²) in [7, 11) is 0. The van der Waals surface area contributed by atoms with E-state index < -0.39 is 5.91 Å². The van der Waals surface area contributed by atoms with Gasteiger partial charge < -0.3 is 5.73 Å². The van der Waals surface area contributed by atoms with Crippen LogP contribution in [-0.2, 0) is 0 Å². The first-order valence-electron chi connectivity index (χ1n) is 8.05. The fourth-order valence-corrected chi connectivity index (χ4v) is 2.98. The maximum Gasteiger partial charge on any atom is 0.248 e. The van der Waals surface area contributed by atoms with Crippen LogP contribution >= 0.6 is 0 Å². The van der Waals surface area contributed by atoms with Crippen molar-refractivity contribution in [1.82, 2.24) is 20.2 Å². The number of rotatable bonds is 3. The average molecular weight is 341 g/mol. The Balaban J connectivity index is 1.88. The molecule has 0 radical (unpaired) electrons. The van der Waals surface area contributed by atoms with Crippen LogP contribution in [0.5, 0.6) is 0 Å². The highest BCUT2D eigenvalue weighted by Gasteiger charge is 2.11. The summed E-state index contributed by atoms with van der Waals surface area (Å²) >= 11 is 0. The van der Waals surface area contributed by atoms with Crippen LogP contribution in [0.4, 0.5) is 0 Å². The number of primary amides is 1. The van der Waals surface area contributed by atoms with E-state index in [0.29, 0.717) is 5.56 Å². The third-order valence-electron chi connectivity index (χ3n) is 4.33. The van der Waals surface area contributed by atoms with Gasteiger partial charge in [0.05, 0.1) is 6.20 Å². The maximum absolute atomic E-state index is 11.5. The topological polar surface area (TPSA) is 94.7 Å². The molecule has 6 heteroatoms. The smallest absolute Gasteiger partial charge is 0.248 e. The van der Waals surface area contributed by atoms with Crippen molar-refractivity contribution in [2.75, 3.05) is 0 Å². The molecule has 4 rings (SSSR count). The van der Waals surface area contributed by atoms with Crippen molar-refractivity contribution in [3.8, 4) is 22.4 Å². The number of hydrogen-bond acceptors (Lipinski definition) is 5. The minimum atomic E-state index is -0.440. The lowest BCUT2D eigenvalue weighted by Crippen LogP contribution is -2.10. The monoisotopic (exact) mass is 341 g/mol.